The summed E-state index contributed by atoms with van der Waals surface area (Å²) in [5.41, 5.74) is -1.08. The maximum Gasteiger partial charge on any atom is 0.303 e. The number of carboxylic acid groups (broad SMARTS) is 1. The summed E-state index contributed by atoms with van der Waals surface area (Å²) in [6.07, 6.45) is 17.8. The van der Waals surface area contributed by atoms with E-state index < -0.39 is 23.8 Å². The second-order valence-electron chi connectivity index (χ2n) is 7.65. The van der Waals surface area contributed by atoms with Crippen molar-refractivity contribution in [1.29, 1.82) is 0 Å². The molecule has 162 valence electrons. The predicted molar refractivity (Wildman–Crippen MR) is 114 cm³/mol. The van der Waals surface area contributed by atoms with Gasteiger partial charge in [0.1, 0.15) is 0 Å². The van der Waals surface area contributed by atoms with Crippen molar-refractivity contribution in [2.45, 2.75) is 102 Å². The Morgan fingerprint density at radius 1 is 1.00 bits per heavy atom. The number of aliphatic carboxylic acids is 1. The van der Waals surface area contributed by atoms with Gasteiger partial charge >= 0.3 is 5.97 Å². The SMILES string of the molecule is CCCCC/C=C\C/C=C\CC(C)(O)/C=C/C(O)C(O)CCCCCC(=O)O. The molecular formula is C23H40O5. The average molecular weight is 397 g/mol. The zero-order valence-corrected chi connectivity index (χ0v) is 17.6. The van der Waals surface area contributed by atoms with Crippen molar-refractivity contribution in [3.8, 4) is 0 Å². The lowest BCUT2D eigenvalue weighted by Crippen LogP contribution is -2.26. The Bertz CT molecular complexity index is 479. The van der Waals surface area contributed by atoms with Crippen LogP contribution in [0.25, 0.3) is 0 Å². The molecule has 0 aliphatic carbocycles. The summed E-state index contributed by atoms with van der Waals surface area (Å²) in [6.45, 7) is 3.86. The molecule has 0 rings (SSSR count). The van der Waals surface area contributed by atoms with E-state index in [0.29, 0.717) is 32.1 Å². The van der Waals surface area contributed by atoms with Gasteiger partial charge in [0.05, 0.1) is 17.8 Å². The van der Waals surface area contributed by atoms with E-state index in [4.69, 9.17) is 5.11 Å². The standard InChI is InChI=1S/C23H40O5/c1-3-4-5-6-7-8-9-10-14-18-23(2,28)19-17-21(25)20(24)15-12-11-13-16-22(26)27/h7-8,10,14,17,19-21,24-25,28H,3-6,9,11-13,15-16,18H2,1-2H3,(H,26,27)/b8-7-,14-10-,19-17+. The predicted octanol–water partition coefficient (Wildman–Crippen LogP) is 4.52. The first-order chi connectivity index (χ1) is 13.3. The van der Waals surface area contributed by atoms with Crippen LogP contribution in [-0.4, -0.2) is 44.2 Å². The Morgan fingerprint density at radius 2 is 1.71 bits per heavy atom. The number of hydrogen-bond acceptors (Lipinski definition) is 4. The van der Waals surface area contributed by atoms with Crippen LogP contribution in [0.1, 0.15) is 84.5 Å². The van der Waals surface area contributed by atoms with Crippen LogP contribution in [0, 0.1) is 0 Å². The van der Waals surface area contributed by atoms with Gasteiger partial charge in [-0.3, -0.25) is 4.79 Å². The van der Waals surface area contributed by atoms with Gasteiger partial charge in [0.25, 0.3) is 0 Å². The second-order valence-corrected chi connectivity index (χ2v) is 7.65. The van der Waals surface area contributed by atoms with Crippen molar-refractivity contribution < 1.29 is 25.2 Å². The Kier molecular flexibility index (Phi) is 15.7. The van der Waals surface area contributed by atoms with E-state index in [1.54, 1.807) is 6.92 Å². The van der Waals surface area contributed by atoms with Crippen LogP contribution in [0.4, 0.5) is 0 Å². The van der Waals surface area contributed by atoms with Gasteiger partial charge in [0, 0.05) is 6.42 Å². The molecule has 0 bridgehead atoms. The Morgan fingerprint density at radius 3 is 2.39 bits per heavy atom. The molecule has 0 saturated carbocycles. The molecular weight excluding hydrogens is 356 g/mol. The monoisotopic (exact) mass is 396 g/mol. The molecule has 0 aromatic rings. The normalized spacial score (nSPS) is 16.8. The quantitative estimate of drug-likeness (QED) is 0.214. The molecule has 5 nitrogen and oxygen atoms in total. The first-order valence-electron chi connectivity index (χ1n) is 10.6. The van der Waals surface area contributed by atoms with Crippen molar-refractivity contribution in [2.24, 2.45) is 0 Å². The van der Waals surface area contributed by atoms with Gasteiger partial charge in [0.2, 0.25) is 0 Å². The topological polar surface area (TPSA) is 98.0 Å². The maximum absolute atomic E-state index is 10.4. The van der Waals surface area contributed by atoms with Gasteiger partial charge in [-0.15, -0.1) is 0 Å². The lowest BCUT2D eigenvalue weighted by atomic mass is 9.98. The van der Waals surface area contributed by atoms with Crippen LogP contribution in [-0.2, 0) is 4.79 Å². The van der Waals surface area contributed by atoms with Crippen molar-refractivity contribution in [3.05, 3.63) is 36.5 Å². The average Bonchev–Trinajstić information content (AvgIpc) is 2.64. The molecule has 5 heteroatoms. The molecule has 0 fully saturated rings. The van der Waals surface area contributed by atoms with E-state index in [-0.39, 0.29) is 6.42 Å². The third-order valence-corrected chi connectivity index (χ3v) is 4.55. The van der Waals surface area contributed by atoms with Crippen LogP contribution in [0.2, 0.25) is 0 Å². The molecule has 0 heterocycles. The van der Waals surface area contributed by atoms with E-state index in [2.05, 4.69) is 19.1 Å². The first kappa shape index (κ1) is 26.6. The fraction of sp³-hybridized carbons (Fsp3) is 0.696. The number of hydrogen-bond donors (Lipinski definition) is 4. The highest BCUT2D eigenvalue weighted by molar-refractivity contribution is 5.66. The van der Waals surface area contributed by atoms with Crippen LogP contribution in [0.15, 0.2) is 36.5 Å². The van der Waals surface area contributed by atoms with Gasteiger partial charge in [-0.1, -0.05) is 69.1 Å². The molecule has 0 aromatic carbocycles. The summed E-state index contributed by atoms with van der Waals surface area (Å²) >= 11 is 0. The van der Waals surface area contributed by atoms with Crippen LogP contribution in [0.3, 0.4) is 0 Å². The molecule has 0 amide bonds. The van der Waals surface area contributed by atoms with Crippen molar-refractivity contribution >= 4 is 5.97 Å². The fourth-order valence-corrected chi connectivity index (χ4v) is 2.70. The Labute approximate surface area is 170 Å². The molecule has 3 unspecified atom stereocenters. The van der Waals surface area contributed by atoms with Gasteiger partial charge in [-0.05, 0) is 45.4 Å². The van der Waals surface area contributed by atoms with Crippen LogP contribution < -0.4 is 0 Å². The summed E-state index contributed by atoms with van der Waals surface area (Å²) in [5.74, 6) is -0.817. The highest BCUT2D eigenvalue weighted by Gasteiger charge is 2.17. The minimum Gasteiger partial charge on any atom is -0.481 e. The fourth-order valence-electron chi connectivity index (χ4n) is 2.70. The summed E-state index contributed by atoms with van der Waals surface area (Å²) in [5, 5.41) is 38.8. The zero-order chi connectivity index (χ0) is 21.3. The zero-order valence-electron chi connectivity index (χ0n) is 17.6. The Hall–Kier alpha value is -1.43. The second kappa shape index (κ2) is 16.5. The summed E-state index contributed by atoms with van der Waals surface area (Å²) in [4.78, 5) is 10.4. The third-order valence-electron chi connectivity index (χ3n) is 4.55. The maximum atomic E-state index is 10.4. The highest BCUT2D eigenvalue weighted by atomic mass is 16.4. The van der Waals surface area contributed by atoms with Gasteiger partial charge in [-0.2, -0.15) is 0 Å². The molecule has 4 N–H and O–H groups in total. The van der Waals surface area contributed by atoms with E-state index in [1.807, 2.05) is 12.2 Å². The number of unbranched alkanes of at least 4 members (excludes halogenated alkanes) is 5. The van der Waals surface area contributed by atoms with Gasteiger partial charge < -0.3 is 20.4 Å². The smallest absolute Gasteiger partial charge is 0.303 e. The lowest BCUT2D eigenvalue weighted by Gasteiger charge is -2.19. The van der Waals surface area contributed by atoms with E-state index in [1.165, 1.54) is 31.4 Å². The van der Waals surface area contributed by atoms with Crippen molar-refractivity contribution in [3.63, 3.8) is 0 Å². The van der Waals surface area contributed by atoms with Crippen LogP contribution in [0.5, 0.6) is 0 Å². The van der Waals surface area contributed by atoms with Crippen molar-refractivity contribution in [1.82, 2.24) is 0 Å². The van der Waals surface area contributed by atoms with Crippen molar-refractivity contribution in [2.75, 3.05) is 0 Å². The molecule has 28 heavy (non-hydrogen) atoms. The number of aliphatic hydroxyl groups is 3. The molecule has 0 saturated heterocycles. The summed E-state index contributed by atoms with van der Waals surface area (Å²) in [6, 6.07) is 0. The number of allylic oxidation sites excluding steroid dienone is 3. The van der Waals surface area contributed by atoms with Gasteiger partial charge in [0.15, 0.2) is 0 Å². The minimum absolute atomic E-state index is 0.129. The highest BCUT2D eigenvalue weighted by Crippen LogP contribution is 2.15. The third kappa shape index (κ3) is 16.7. The van der Waals surface area contributed by atoms with E-state index in [9.17, 15) is 20.1 Å². The van der Waals surface area contributed by atoms with E-state index >= 15 is 0 Å². The summed E-state index contributed by atoms with van der Waals surface area (Å²) in [7, 11) is 0. The minimum atomic E-state index is -1.08. The number of aliphatic hydroxyl groups excluding tert-OH is 2. The first-order valence-corrected chi connectivity index (χ1v) is 10.6. The number of carbonyl (C=O) groups is 1. The van der Waals surface area contributed by atoms with E-state index in [0.717, 1.165) is 12.8 Å². The molecule has 0 radical (unpaired) electrons. The molecule has 0 aromatic heterocycles. The number of carboxylic acids is 1. The lowest BCUT2D eigenvalue weighted by molar-refractivity contribution is -0.137. The summed E-state index contributed by atoms with van der Waals surface area (Å²) < 4.78 is 0. The molecule has 0 aliphatic heterocycles. The molecule has 3 atom stereocenters. The molecule has 0 spiro atoms. The largest absolute Gasteiger partial charge is 0.481 e. The Balaban J connectivity index is 4.06. The molecule has 0 aliphatic rings. The van der Waals surface area contributed by atoms with Crippen LogP contribution >= 0.6 is 0 Å². The number of rotatable bonds is 17. The van der Waals surface area contributed by atoms with Gasteiger partial charge in [-0.25, -0.2) is 0 Å².